The van der Waals surface area contributed by atoms with Crippen LogP contribution in [0.2, 0.25) is 0 Å². The van der Waals surface area contributed by atoms with Crippen LogP contribution in [-0.2, 0) is 11.3 Å². The summed E-state index contributed by atoms with van der Waals surface area (Å²) in [7, 11) is 0. The van der Waals surface area contributed by atoms with Crippen molar-refractivity contribution in [2.24, 2.45) is 5.92 Å². The van der Waals surface area contributed by atoms with Crippen LogP contribution in [0.5, 0.6) is 0 Å². The Labute approximate surface area is 166 Å². The van der Waals surface area contributed by atoms with Crippen LogP contribution in [0.15, 0.2) is 35.3 Å². The second-order valence-electron chi connectivity index (χ2n) is 7.56. The van der Waals surface area contributed by atoms with E-state index in [1.807, 2.05) is 50.9 Å². The van der Waals surface area contributed by atoms with E-state index in [4.69, 9.17) is 0 Å². The SMILES string of the molecule is Cc1c(C(=O)N2C[C@@H]3CC[C@H](C2)N(Cc2cscn2)C3=O)nc2ccccn12. The molecule has 3 aliphatic heterocycles. The summed E-state index contributed by atoms with van der Waals surface area (Å²) in [6.07, 6.45) is 3.68. The average molecular weight is 395 g/mol. The minimum atomic E-state index is -0.140. The van der Waals surface area contributed by atoms with Crippen molar-refractivity contribution < 1.29 is 9.59 Å². The molecule has 0 aromatic carbocycles. The third-order valence-electron chi connectivity index (χ3n) is 5.87. The maximum absolute atomic E-state index is 13.3. The number of fused-ring (bicyclic) bond motifs is 5. The van der Waals surface area contributed by atoms with E-state index < -0.39 is 0 Å². The van der Waals surface area contributed by atoms with Gasteiger partial charge in [0.05, 0.1) is 29.4 Å². The average Bonchev–Trinajstić information content (AvgIpc) is 3.24. The highest BCUT2D eigenvalue weighted by atomic mass is 32.1. The number of rotatable bonds is 3. The van der Waals surface area contributed by atoms with Gasteiger partial charge in [-0.15, -0.1) is 11.3 Å². The van der Waals surface area contributed by atoms with E-state index in [2.05, 4.69) is 9.97 Å². The van der Waals surface area contributed by atoms with Crippen LogP contribution in [0, 0.1) is 12.8 Å². The molecule has 6 rings (SSSR count). The van der Waals surface area contributed by atoms with E-state index in [0.717, 1.165) is 29.9 Å². The number of carbonyl (C=O) groups excluding carboxylic acids is 2. The first-order valence-corrected chi connectivity index (χ1v) is 10.5. The second-order valence-corrected chi connectivity index (χ2v) is 8.28. The summed E-state index contributed by atoms with van der Waals surface area (Å²) < 4.78 is 1.93. The highest BCUT2D eigenvalue weighted by Crippen LogP contribution is 2.31. The summed E-state index contributed by atoms with van der Waals surface area (Å²) >= 11 is 1.54. The molecule has 3 aromatic rings. The van der Waals surface area contributed by atoms with Gasteiger partial charge in [-0.05, 0) is 31.9 Å². The maximum atomic E-state index is 13.3. The zero-order valence-electron chi connectivity index (χ0n) is 15.6. The van der Waals surface area contributed by atoms with Gasteiger partial charge < -0.3 is 14.2 Å². The van der Waals surface area contributed by atoms with Gasteiger partial charge in [0, 0.05) is 30.7 Å². The molecule has 144 valence electrons. The molecule has 8 heteroatoms. The molecule has 2 atom stereocenters. The molecule has 0 spiro atoms. The lowest BCUT2D eigenvalue weighted by molar-refractivity contribution is -0.140. The summed E-state index contributed by atoms with van der Waals surface area (Å²) in [4.78, 5) is 38.9. The standard InChI is InChI=1S/C20H21N5O2S/c1-13-18(22-17-4-2-3-7-24(13)17)20(27)23-8-14-5-6-16(10-23)25(19(14)26)9-15-11-28-12-21-15/h2-4,7,11-12,14,16H,5-6,8-10H2,1H3/t14-,16+/m0/s1. The molecule has 0 saturated carbocycles. The van der Waals surface area contributed by atoms with Crippen LogP contribution >= 0.6 is 11.3 Å². The maximum Gasteiger partial charge on any atom is 0.274 e. The molecular weight excluding hydrogens is 374 g/mol. The number of thiazole rings is 1. The van der Waals surface area contributed by atoms with Crippen LogP contribution in [0.1, 0.15) is 34.7 Å². The summed E-state index contributed by atoms with van der Waals surface area (Å²) in [6.45, 7) is 3.46. The fourth-order valence-corrected chi connectivity index (χ4v) is 4.92. The molecule has 0 N–H and O–H groups in total. The highest BCUT2D eigenvalue weighted by molar-refractivity contribution is 7.07. The molecule has 2 bridgehead atoms. The van der Waals surface area contributed by atoms with Crippen molar-refractivity contribution in [2.45, 2.75) is 32.4 Å². The molecular formula is C20H21N5O2S. The predicted molar refractivity (Wildman–Crippen MR) is 105 cm³/mol. The van der Waals surface area contributed by atoms with Gasteiger partial charge in [-0.3, -0.25) is 9.59 Å². The number of amides is 2. The van der Waals surface area contributed by atoms with E-state index in [1.165, 1.54) is 11.3 Å². The van der Waals surface area contributed by atoms with E-state index >= 15 is 0 Å². The second kappa shape index (κ2) is 6.70. The highest BCUT2D eigenvalue weighted by Gasteiger charge is 2.42. The smallest absolute Gasteiger partial charge is 0.274 e. The van der Waals surface area contributed by atoms with Crippen LogP contribution in [0.4, 0.5) is 0 Å². The first-order valence-electron chi connectivity index (χ1n) is 9.52. The summed E-state index contributed by atoms with van der Waals surface area (Å²) in [5.74, 6) is -0.0774. The molecule has 2 amide bonds. The number of carbonyl (C=O) groups is 2. The molecule has 7 nitrogen and oxygen atoms in total. The molecule has 28 heavy (non-hydrogen) atoms. The lowest BCUT2D eigenvalue weighted by atomic mass is 9.94. The van der Waals surface area contributed by atoms with E-state index in [9.17, 15) is 9.59 Å². The number of hydrogen-bond donors (Lipinski definition) is 0. The Hall–Kier alpha value is -2.74. The molecule has 3 aliphatic rings. The van der Waals surface area contributed by atoms with Gasteiger partial charge in [0.15, 0.2) is 0 Å². The van der Waals surface area contributed by atoms with Gasteiger partial charge in [0.25, 0.3) is 5.91 Å². The van der Waals surface area contributed by atoms with E-state index in [-0.39, 0.29) is 23.8 Å². The molecule has 3 saturated heterocycles. The number of imidazole rings is 1. The number of aromatic nitrogens is 3. The number of hydrogen-bond acceptors (Lipinski definition) is 5. The molecule has 6 heterocycles. The summed E-state index contributed by atoms with van der Waals surface area (Å²) in [5, 5.41) is 1.98. The fraction of sp³-hybridized carbons (Fsp3) is 0.400. The molecule has 0 unspecified atom stereocenters. The lowest BCUT2D eigenvalue weighted by Gasteiger charge is -2.35. The molecule has 3 fully saturated rings. The van der Waals surface area contributed by atoms with Gasteiger partial charge >= 0.3 is 0 Å². The Bertz CT molecular complexity index is 1040. The van der Waals surface area contributed by atoms with E-state index in [0.29, 0.717) is 25.3 Å². The predicted octanol–water partition coefficient (Wildman–Crippen LogP) is 2.36. The first kappa shape index (κ1) is 17.4. The first-order chi connectivity index (χ1) is 13.6. The van der Waals surface area contributed by atoms with E-state index in [1.54, 1.807) is 5.51 Å². The Balaban J connectivity index is 1.43. The van der Waals surface area contributed by atoms with Crippen molar-refractivity contribution in [1.29, 1.82) is 0 Å². The zero-order chi connectivity index (χ0) is 19.3. The van der Waals surface area contributed by atoms with Crippen molar-refractivity contribution in [3.05, 3.63) is 52.4 Å². The normalized spacial score (nSPS) is 22.1. The Morgan fingerprint density at radius 3 is 2.96 bits per heavy atom. The van der Waals surface area contributed by atoms with Gasteiger partial charge in [0.1, 0.15) is 11.3 Å². The zero-order valence-corrected chi connectivity index (χ0v) is 16.4. The number of nitrogens with zero attached hydrogens (tertiary/aromatic N) is 5. The van der Waals surface area contributed by atoms with Crippen molar-refractivity contribution in [2.75, 3.05) is 13.1 Å². The quantitative estimate of drug-likeness (QED) is 0.683. The van der Waals surface area contributed by atoms with Crippen molar-refractivity contribution in [1.82, 2.24) is 24.2 Å². The minimum absolute atomic E-state index is 0.0363. The number of pyridine rings is 1. The van der Waals surface area contributed by atoms with Gasteiger partial charge in [-0.2, -0.15) is 0 Å². The Kier molecular flexibility index (Phi) is 4.16. The molecule has 0 radical (unpaired) electrons. The largest absolute Gasteiger partial charge is 0.334 e. The fourth-order valence-electron chi connectivity index (χ4n) is 4.38. The van der Waals surface area contributed by atoms with Crippen LogP contribution in [0.25, 0.3) is 5.65 Å². The molecule has 3 aromatic heterocycles. The van der Waals surface area contributed by atoms with Gasteiger partial charge in [-0.25, -0.2) is 9.97 Å². The third kappa shape index (κ3) is 2.79. The third-order valence-corrected chi connectivity index (χ3v) is 6.50. The van der Waals surface area contributed by atoms with Crippen molar-refractivity contribution in [3.8, 4) is 0 Å². The Morgan fingerprint density at radius 1 is 1.29 bits per heavy atom. The lowest BCUT2D eigenvalue weighted by Crippen LogP contribution is -2.47. The van der Waals surface area contributed by atoms with Crippen molar-refractivity contribution in [3.63, 3.8) is 0 Å². The number of aryl methyl sites for hydroxylation is 1. The summed E-state index contributed by atoms with van der Waals surface area (Å²) in [5.41, 5.74) is 4.79. The topological polar surface area (TPSA) is 70.8 Å². The van der Waals surface area contributed by atoms with Crippen molar-refractivity contribution >= 4 is 28.8 Å². The monoisotopic (exact) mass is 395 g/mol. The van der Waals surface area contributed by atoms with Gasteiger partial charge in [-0.1, -0.05) is 6.07 Å². The molecule has 0 aliphatic carbocycles. The minimum Gasteiger partial charge on any atom is -0.334 e. The number of piperidine rings is 1. The summed E-state index contributed by atoms with van der Waals surface area (Å²) in [6, 6.07) is 5.78. The van der Waals surface area contributed by atoms with Crippen LogP contribution in [0.3, 0.4) is 0 Å². The van der Waals surface area contributed by atoms with Gasteiger partial charge in [0.2, 0.25) is 5.91 Å². The van der Waals surface area contributed by atoms with Crippen LogP contribution < -0.4 is 0 Å². The van der Waals surface area contributed by atoms with Crippen LogP contribution in [-0.4, -0.2) is 55.1 Å². The Morgan fingerprint density at radius 2 is 2.18 bits per heavy atom.